The number of likely N-dealkylation sites (tertiary alicyclic amines) is 1. The Morgan fingerprint density at radius 2 is 1.68 bits per heavy atom. The van der Waals surface area contributed by atoms with Gasteiger partial charge in [-0.05, 0) is 67.6 Å². The molecule has 1 amide bonds. The van der Waals surface area contributed by atoms with Crippen LogP contribution in [-0.4, -0.2) is 37.6 Å². The highest BCUT2D eigenvalue weighted by Gasteiger charge is 2.24. The molecule has 0 radical (unpaired) electrons. The minimum atomic E-state index is 0.122. The number of carbonyl (C=O) groups is 1. The highest BCUT2D eigenvalue weighted by atomic mass is 16.5. The quantitative estimate of drug-likeness (QED) is 0.711. The lowest BCUT2D eigenvalue weighted by molar-refractivity contribution is -0.121. The Bertz CT molecular complexity index is 734. The molecule has 0 saturated carbocycles. The average Bonchev–Trinajstić information content (AvgIpc) is 3.28. The molecule has 2 aromatic carbocycles. The molecule has 1 unspecified atom stereocenters. The number of benzene rings is 2. The Labute approximate surface area is 168 Å². The fourth-order valence-electron chi connectivity index (χ4n) is 3.84. The topological polar surface area (TPSA) is 41.6 Å². The van der Waals surface area contributed by atoms with Gasteiger partial charge < -0.3 is 10.1 Å². The van der Waals surface area contributed by atoms with Gasteiger partial charge in [0.15, 0.2) is 0 Å². The van der Waals surface area contributed by atoms with Gasteiger partial charge >= 0.3 is 0 Å². The zero-order valence-corrected chi connectivity index (χ0v) is 17.1. The van der Waals surface area contributed by atoms with Crippen molar-refractivity contribution in [2.45, 2.75) is 45.1 Å². The van der Waals surface area contributed by atoms with Gasteiger partial charge in [0.05, 0.1) is 13.2 Å². The molecule has 0 bridgehead atoms. The standard InChI is InChI=1S/C24H32N2O2/c1-3-19-6-8-20(9-7-19)10-15-24(27)25-18-23(26-16-4-5-17-26)21-11-13-22(28-2)14-12-21/h6-9,11-14,23H,3-5,10,15-18H2,1-2H3,(H,25,27). The van der Waals surface area contributed by atoms with Crippen molar-refractivity contribution >= 4 is 5.91 Å². The Hall–Kier alpha value is -2.33. The van der Waals surface area contributed by atoms with Crippen LogP contribution in [0.3, 0.4) is 0 Å². The van der Waals surface area contributed by atoms with E-state index in [2.05, 4.69) is 53.5 Å². The number of methoxy groups -OCH3 is 1. The van der Waals surface area contributed by atoms with Gasteiger partial charge in [0.25, 0.3) is 0 Å². The van der Waals surface area contributed by atoms with Crippen molar-refractivity contribution < 1.29 is 9.53 Å². The van der Waals surface area contributed by atoms with Gasteiger partial charge in [-0.1, -0.05) is 43.3 Å². The maximum absolute atomic E-state index is 12.4. The summed E-state index contributed by atoms with van der Waals surface area (Å²) >= 11 is 0. The van der Waals surface area contributed by atoms with E-state index in [9.17, 15) is 4.79 Å². The lowest BCUT2D eigenvalue weighted by Crippen LogP contribution is -2.36. The second-order valence-electron chi connectivity index (χ2n) is 7.51. The average molecular weight is 381 g/mol. The first kappa shape index (κ1) is 20.4. The third-order valence-corrected chi connectivity index (χ3v) is 5.65. The second-order valence-corrected chi connectivity index (χ2v) is 7.51. The van der Waals surface area contributed by atoms with Crippen LogP contribution in [0.5, 0.6) is 5.75 Å². The van der Waals surface area contributed by atoms with Crippen LogP contribution >= 0.6 is 0 Å². The predicted octanol–water partition coefficient (Wildman–Crippen LogP) is 4.14. The highest BCUT2D eigenvalue weighted by molar-refractivity contribution is 5.76. The van der Waals surface area contributed by atoms with E-state index in [1.807, 2.05) is 12.1 Å². The predicted molar refractivity (Wildman–Crippen MR) is 114 cm³/mol. The van der Waals surface area contributed by atoms with E-state index in [1.54, 1.807) is 7.11 Å². The van der Waals surface area contributed by atoms with Crippen molar-refractivity contribution in [3.8, 4) is 5.75 Å². The Morgan fingerprint density at radius 3 is 2.29 bits per heavy atom. The number of nitrogens with zero attached hydrogens (tertiary/aromatic N) is 1. The SMILES string of the molecule is CCc1ccc(CCC(=O)NCC(c2ccc(OC)cc2)N2CCCC2)cc1. The molecule has 0 aromatic heterocycles. The summed E-state index contributed by atoms with van der Waals surface area (Å²) < 4.78 is 5.28. The summed E-state index contributed by atoms with van der Waals surface area (Å²) in [6.45, 7) is 4.99. The number of hydrogen-bond donors (Lipinski definition) is 1. The number of aryl methyl sites for hydroxylation is 2. The van der Waals surface area contributed by atoms with E-state index < -0.39 is 0 Å². The lowest BCUT2D eigenvalue weighted by atomic mass is 10.0. The highest BCUT2D eigenvalue weighted by Crippen LogP contribution is 2.26. The first-order valence-electron chi connectivity index (χ1n) is 10.4. The van der Waals surface area contributed by atoms with Crippen LogP contribution in [0, 0.1) is 0 Å². The molecule has 1 aliphatic heterocycles. The number of rotatable bonds is 9. The number of nitrogens with one attached hydrogen (secondary N) is 1. The van der Waals surface area contributed by atoms with Gasteiger partial charge in [-0.3, -0.25) is 9.69 Å². The molecule has 4 nitrogen and oxygen atoms in total. The molecule has 1 fully saturated rings. The van der Waals surface area contributed by atoms with E-state index in [-0.39, 0.29) is 11.9 Å². The van der Waals surface area contributed by atoms with Gasteiger partial charge in [-0.25, -0.2) is 0 Å². The fourth-order valence-corrected chi connectivity index (χ4v) is 3.84. The van der Waals surface area contributed by atoms with Crippen molar-refractivity contribution in [2.24, 2.45) is 0 Å². The first-order valence-corrected chi connectivity index (χ1v) is 10.4. The molecule has 1 aliphatic rings. The van der Waals surface area contributed by atoms with Gasteiger partial charge in [0.1, 0.15) is 5.75 Å². The minimum Gasteiger partial charge on any atom is -0.497 e. The van der Waals surface area contributed by atoms with Gasteiger partial charge in [-0.15, -0.1) is 0 Å². The summed E-state index contributed by atoms with van der Waals surface area (Å²) in [5.74, 6) is 0.985. The summed E-state index contributed by atoms with van der Waals surface area (Å²) in [6.07, 6.45) is 4.82. The Morgan fingerprint density at radius 1 is 1.04 bits per heavy atom. The zero-order chi connectivity index (χ0) is 19.8. The summed E-state index contributed by atoms with van der Waals surface area (Å²) in [5, 5.41) is 3.17. The van der Waals surface area contributed by atoms with E-state index in [0.717, 1.165) is 31.7 Å². The molecule has 150 valence electrons. The Kier molecular flexibility index (Phi) is 7.49. The fraction of sp³-hybridized carbons (Fsp3) is 0.458. The summed E-state index contributed by atoms with van der Waals surface area (Å²) in [6, 6.07) is 17.0. The molecule has 2 aromatic rings. The molecule has 1 heterocycles. The van der Waals surface area contributed by atoms with E-state index in [1.165, 1.54) is 29.5 Å². The van der Waals surface area contributed by atoms with Crippen molar-refractivity contribution in [1.29, 1.82) is 0 Å². The number of hydrogen-bond acceptors (Lipinski definition) is 3. The molecular formula is C24H32N2O2. The number of amides is 1. The van der Waals surface area contributed by atoms with Crippen LogP contribution in [0.25, 0.3) is 0 Å². The molecule has 28 heavy (non-hydrogen) atoms. The number of carbonyl (C=O) groups excluding carboxylic acids is 1. The summed E-state index contributed by atoms with van der Waals surface area (Å²) in [4.78, 5) is 14.9. The minimum absolute atomic E-state index is 0.122. The van der Waals surface area contributed by atoms with Gasteiger partial charge in [-0.2, -0.15) is 0 Å². The summed E-state index contributed by atoms with van der Waals surface area (Å²) in [5.41, 5.74) is 3.79. The van der Waals surface area contributed by atoms with Crippen molar-refractivity contribution in [3.05, 3.63) is 65.2 Å². The monoisotopic (exact) mass is 380 g/mol. The molecular weight excluding hydrogens is 348 g/mol. The molecule has 1 N–H and O–H groups in total. The zero-order valence-electron chi connectivity index (χ0n) is 17.1. The van der Waals surface area contributed by atoms with Crippen LogP contribution in [0.15, 0.2) is 48.5 Å². The maximum atomic E-state index is 12.4. The molecule has 0 spiro atoms. The lowest BCUT2D eigenvalue weighted by Gasteiger charge is -2.28. The number of ether oxygens (including phenoxy) is 1. The molecule has 0 aliphatic carbocycles. The molecule has 3 rings (SSSR count). The third-order valence-electron chi connectivity index (χ3n) is 5.65. The van der Waals surface area contributed by atoms with Gasteiger partial charge in [0.2, 0.25) is 5.91 Å². The van der Waals surface area contributed by atoms with E-state index in [0.29, 0.717) is 13.0 Å². The van der Waals surface area contributed by atoms with Crippen LogP contribution < -0.4 is 10.1 Å². The maximum Gasteiger partial charge on any atom is 0.220 e. The Balaban J connectivity index is 1.55. The van der Waals surface area contributed by atoms with Crippen molar-refractivity contribution in [3.63, 3.8) is 0 Å². The molecule has 1 saturated heterocycles. The van der Waals surface area contributed by atoms with E-state index >= 15 is 0 Å². The van der Waals surface area contributed by atoms with Crippen LogP contribution in [-0.2, 0) is 17.6 Å². The normalized spacial score (nSPS) is 15.4. The van der Waals surface area contributed by atoms with Crippen LogP contribution in [0.4, 0.5) is 0 Å². The second kappa shape index (κ2) is 10.3. The van der Waals surface area contributed by atoms with E-state index in [4.69, 9.17) is 4.74 Å². The van der Waals surface area contributed by atoms with Crippen molar-refractivity contribution in [1.82, 2.24) is 10.2 Å². The molecule has 4 heteroatoms. The smallest absolute Gasteiger partial charge is 0.220 e. The third kappa shape index (κ3) is 5.59. The largest absolute Gasteiger partial charge is 0.497 e. The summed E-state index contributed by atoms with van der Waals surface area (Å²) in [7, 11) is 1.68. The van der Waals surface area contributed by atoms with Crippen LogP contribution in [0.2, 0.25) is 0 Å². The molecule has 1 atom stereocenters. The van der Waals surface area contributed by atoms with Crippen molar-refractivity contribution in [2.75, 3.05) is 26.7 Å². The van der Waals surface area contributed by atoms with Crippen LogP contribution in [0.1, 0.15) is 48.9 Å². The first-order chi connectivity index (χ1) is 13.7. The van der Waals surface area contributed by atoms with Gasteiger partial charge in [0, 0.05) is 13.0 Å².